The molecule has 1 unspecified atom stereocenters. The van der Waals surface area contributed by atoms with Gasteiger partial charge in [-0.3, -0.25) is 20.2 Å². The molecule has 1 amide bonds. The van der Waals surface area contributed by atoms with E-state index in [0.29, 0.717) is 11.7 Å². The third-order valence-electron chi connectivity index (χ3n) is 4.05. The zero-order chi connectivity index (χ0) is 15.7. The van der Waals surface area contributed by atoms with Gasteiger partial charge in [0.2, 0.25) is 0 Å². The van der Waals surface area contributed by atoms with Crippen LogP contribution in [0, 0.1) is 10.8 Å². The molecule has 0 fully saturated rings. The maximum Gasteiger partial charge on any atom is 0.260 e. The van der Waals surface area contributed by atoms with Crippen LogP contribution in [0.1, 0.15) is 40.9 Å². The van der Waals surface area contributed by atoms with Crippen LogP contribution in [0.15, 0.2) is 30.5 Å². The van der Waals surface area contributed by atoms with E-state index in [1.807, 2.05) is 0 Å². The van der Waals surface area contributed by atoms with Crippen LogP contribution in [0.5, 0.6) is 0 Å². The summed E-state index contributed by atoms with van der Waals surface area (Å²) in [4.78, 5) is 16.5. The van der Waals surface area contributed by atoms with Crippen molar-refractivity contribution < 1.29 is 4.79 Å². The van der Waals surface area contributed by atoms with E-state index in [9.17, 15) is 4.79 Å². The summed E-state index contributed by atoms with van der Waals surface area (Å²) in [6, 6.07) is 7.04. The molecule has 2 aromatic rings. The summed E-state index contributed by atoms with van der Waals surface area (Å²) in [6.45, 7) is 2.10. The quantitative estimate of drug-likeness (QED) is 0.597. The minimum Gasteiger partial charge on any atom is -0.306 e. The Morgan fingerprint density at radius 3 is 3.00 bits per heavy atom. The zero-order valence-electron chi connectivity index (χ0n) is 12.3. The van der Waals surface area contributed by atoms with Crippen LogP contribution in [0.3, 0.4) is 0 Å². The van der Waals surface area contributed by atoms with Gasteiger partial charge in [-0.05, 0) is 42.5 Å². The highest BCUT2D eigenvalue weighted by atomic mass is 16.1. The van der Waals surface area contributed by atoms with Gasteiger partial charge in [-0.1, -0.05) is 13.0 Å². The highest BCUT2D eigenvalue weighted by Crippen LogP contribution is 2.31. The number of rotatable bonds is 3. The maximum absolute atomic E-state index is 12.5. The molecule has 0 saturated carbocycles. The Bertz CT molecular complexity index is 794. The standard InChI is InChI=1S/C16H17N5O/c1-10-5-6-13-11(10)8-12(15(18)21(13)9-17)16(22)20-14-4-2-3-7-19-14/h2-4,7-10,17-18H,5-6H2,1H3,(H,19,20,22). The van der Waals surface area contributed by atoms with Crippen LogP contribution < -0.4 is 10.8 Å². The monoisotopic (exact) mass is 295 g/mol. The number of carbonyl (C=O) groups is 1. The van der Waals surface area contributed by atoms with Crippen LogP contribution in [0.4, 0.5) is 5.82 Å². The van der Waals surface area contributed by atoms with Crippen LogP contribution in [-0.2, 0) is 6.42 Å². The predicted molar refractivity (Wildman–Crippen MR) is 83.4 cm³/mol. The molecule has 2 aromatic heterocycles. The smallest absolute Gasteiger partial charge is 0.260 e. The van der Waals surface area contributed by atoms with Crippen LogP contribution >= 0.6 is 0 Å². The van der Waals surface area contributed by atoms with Gasteiger partial charge in [0.1, 0.15) is 11.3 Å². The van der Waals surface area contributed by atoms with E-state index in [-0.39, 0.29) is 17.0 Å². The van der Waals surface area contributed by atoms with Gasteiger partial charge in [0.25, 0.3) is 5.91 Å². The fraction of sp³-hybridized carbons (Fsp3) is 0.250. The van der Waals surface area contributed by atoms with Crippen LogP contribution in [0.2, 0.25) is 0 Å². The first-order valence-corrected chi connectivity index (χ1v) is 7.17. The summed E-state index contributed by atoms with van der Waals surface area (Å²) < 4.78 is 1.49. The molecule has 0 radical (unpaired) electrons. The first-order chi connectivity index (χ1) is 10.6. The molecule has 2 heterocycles. The first-order valence-electron chi connectivity index (χ1n) is 7.17. The fourth-order valence-electron chi connectivity index (χ4n) is 2.85. The number of nitrogens with one attached hydrogen (secondary N) is 3. The summed E-state index contributed by atoms with van der Waals surface area (Å²) in [5.41, 5.74) is 2.31. The van der Waals surface area contributed by atoms with Crippen molar-refractivity contribution in [3.05, 3.63) is 52.8 Å². The SMILES string of the molecule is CC1CCc2c1cc(C(=O)Nc1ccccn1)c(=N)n2C=N. The van der Waals surface area contributed by atoms with Gasteiger partial charge in [0, 0.05) is 11.9 Å². The normalized spacial score (nSPS) is 16.1. The lowest BCUT2D eigenvalue weighted by Crippen LogP contribution is -2.31. The zero-order valence-corrected chi connectivity index (χ0v) is 12.3. The Labute approximate surface area is 127 Å². The predicted octanol–water partition coefficient (Wildman–Crippen LogP) is 2.12. The average molecular weight is 295 g/mol. The van der Waals surface area contributed by atoms with E-state index < -0.39 is 0 Å². The number of carbonyl (C=O) groups excluding carboxylic acids is 1. The van der Waals surface area contributed by atoms with Gasteiger partial charge in [0.05, 0.1) is 11.9 Å². The van der Waals surface area contributed by atoms with Crippen molar-refractivity contribution in [2.24, 2.45) is 0 Å². The third kappa shape index (κ3) is 2.32. The van der Waals surface area contributed by atoms with Crippen LogP contribution in [0.25, 0.3) is 0 Å². The number of fused-ring (bicyclic) bond motifs is 1. The Morgan fingerprint density at radius 1 is 1.50 bits per heavy atom. The minimum atomic E-state index is -0.374. The second-order valence-electron chi connectivity index (χ2n) is 5.42. The van der Waals surface area contributed by atoms with Crippen molar-refractivity contribution >= 4 is 18.1 Å². The van der Waals surface area contributed by atoms with Gasteiger partial charge in [0.15, 0.2) is 0 Å². The summed E-state index contributed by atoms with van der Waals surface area (Å²) >= 11 is 0. The molecular formula is C16H17N5O. The number of amides is 1. The molecule has 0 bridgehead atoms. The molecule has 0 aromatic carbocycles. The van der Waals surface area contributed by atoms with Crippen molar-refractivity contribution in [1.82, 2.24) is 9.55 Å². The summed E-state index contributed by atoms with van der Waals surface area (Å²) in [5.74, 6) is 0.409. The summed E-state index contributed by atoms with van der Waals surface area (Å²) in [5, 5.41) is 18.5. The largest absolute Gasteiger partial charge is 0.306 e. The van der Waals surface area contributed by atoms with E-state index in [1.54, 1.807) is 30.5 Å². The van der Waals surface area contributed by atoms with E-state index in [4.69, 9.17) is 10.8 Å². The average Bonchev–Trinajstić information content (AvgIpc) is 2.88. The van der Waals surface area contributed by atoms with E-state index in [1.165, 1.54) is 4.57 Å². The first kappa shape index (κ1) is 14.2. The van der Waals surface area contributed by atoms with Crippen molar-refractivity contribution in [3.8, 4) is 0 Å². The third-order valence-corrected chi connectivity index (χ3v) is 4.05. The molecule has 22 heavy (non-hydrogen) atoms. The summed E-state index contributed by atoms with van der Waals surface area (Å²) in [7, 11) is 0. The number of pyridine rings is 2. The van der Waals surface area contributed by atoms with Crippen molar-refractivity contribution in [1.29, 1.82) is 10.8 Å². The molecule has 0 saturated heterocycles. The molecule has 6 nitrogen and oxygen atoms in total. The molecule has 1 aliphatic carbocycles. The molecule has 112 valence electrons. The van der Waals surface area contributed by atoms with E-state index in [0.717, 1.165) is 30.4 Å². The molecule has 1 atom stereocenters. The number of hydrogen-bond acceptors (Lipinski definition) is 4. The maximum atomic E-state index is 12.5. The van der Waals surface area contributed by atoms with Gasteiger partial charge in [-0.15, -0.1) is 0 Å². The Kier molecular flexibility index (Phi) is 3.58. The van der Waals surface area contributed by atoms with Gasteiger partial charge in [-0.25, -0.2) is 4.98 Å². The van der Waals surface area contributed by atoms with E-state index in [2.05, 4.69) is 17.2 Å². The lowest BCUT2D eigenvalue weighted by Gasteiger charge is -2.13. The van der Waals surface area contributed by atoms with Crippen molar-refractivity contribution in [3.63, 3.8) is 0 Å². The Hall–Kier alpha value is -2.76. The summed E-state index contributed by atoms with van der Waals surface area (Å²) in [6.07, 6.45) is 4.52. The molecule has 3 N–H and O–H groups in total. The minimum absolute atomic E-state index is 0.0382. The molecule has 6 heteroatoms. The number of hydrogen-bond donors (Lipinski definition) is 3. The second-order valence-corrected chi connectivity index (χ2v) is 5.42. The molecule has 0 spiro atoms. The molecule has 0 aliphatic heterocycles. The number of aromatic nitrogens is 2. The molecule has 1 aliphatic rings. The fourth-order valence-corrected chi connectivity index (χ4v) is 2.85. The van der Waals surface area contributed by atoms with Crippen LogP contribution in [-0.4, -0.2) is 21.8 Å². The van der Waals surface area contributed by atoms with Gasteiger partial charge < -0.3 is 5.32 Å². The van der Waals surface area contributed by atoms with Gasteiger partial charge in [-0.2, -0.15) is 0 Å². The topological polar surface area (TPSA) is 94.6 Å². The lowest BCUT2D eigenvalue weighted by atomic mass is 10.0. The Morgan fingerprint density at radius 2 is 2.32 bits per heavy atom. The number of anilines is 1. The highest BCUT2D eigenvalue weighted by Gasteiger charge is 2.24. The Balaban J connectivity index is 2.04. The van der Waals surface area contributed by atoms with Crippen molar-refractivity contribution in [2.75, 3.05) is 5.32 Å². The van der Waals surface area contributed by atoms with E-state index >= 15 is 0 Å². The van der Waals surface area contributed by atoms with Gasteiger partial charge >= 0.3 is 0 Å². The second kappa shape index (κ2) is 5.55. The highest BCUT2D eigenvalue weighted by molar-refractivity contribution is 6.03. The number of nitrogens with zero attached hydrogens (tertiary/aromatic N) is 2. The lowest BCUT2D eigenvalue weighted by molar-refractivity contribution is 0.102. The molecular weight excluding hydrogens is 278 g/mol. The molecule has 3 rings (SSSR count). The van der Waals surface area contributed by atoms with Crippen molar-refractivity contribution in [2.45, 2.75) is 25.7 Å².